The third-order valence-corrected chi connectivity index (χ3v) is 4.55. The monoisotopic (exact) mass is 340 g/mol. The lowest BCUT2D eigenvalue weighted by Crippen LogP contribution is -1.92. The summed E-state index contributed by atoms with van der Waals surface area (Å²) < 4.78 is 0. The van der Waals surface area contributed by atoms with Gasteiger partial charge in [-0.1, -0.05) is 77.5 Å². The number of allylic oxidation sites excluding steroid dienone is 1. The highest BCUT2D eigenvalue weighted by Gasteiger charge is 2.21. The third-order valence-electron chi connectivity index (χ3n) is 4.30. The second-order valence-corrected chi connectivity index (χ2v) is 6.58. The Bertz CT molecular complexity index is 978. The fraction of sp³-hybridized carbons (Fsp3) is 0.0833. The van der Waals surface area contributed by atoms with E-state index in [2.05, 4.69) is 48.2 Å². The van der Waals surface area contributed by atoms with Crippen LogP contribution >= 0.6 is 11.6 Å². The van der Waals surface area contributed by atoms with Gasteiger partial charge in [-0.05, 0) is 59.9 Å². The predicted molar refractivity (Wildman–Crippen MR) is 106 cm³/mol. The summed E-state index contributed by atoms with van der Waals surface area (Å²) >= 11 is 6.07. The number of hydrogen-bond acceptors (Lipinski definition) is 0. The largest absolute Gasteiger partial charge is 0.0843 e. The lowest BCUT2D eigenvalue weighted by atomic mass is 9.93. The van der Waals surface area contributed by atoms with Crippen LogP contribution in [0.15, 0.2) is 84.4 Å². The zero-order valence-corrected chi connectivity index (χ0v) is 14.6. The maximum atomic E-state index is 6.07. The summed E-state index contributed by atoms with van der Waals surface area (Å²) in [5, 5.41) is 0.765. The van der Waals surface area contributed by atoms with Gasteiger partial charge in [0.1, 0.15) is 0 Å². The van der Waals surface area contributed by atoms with Crippen LogP contribution in [0.4, 0.5) is 0 Å². The standard InChI is InChI=1S/C24H17Cl/c25-22-16-14-21(15-17-22)24(20-12-13-20)23-9-5-4-8-19(23)11-10-18-6-2-1-3-7-18/h1-9,14-17H,12-13H2. The molecule has 1 saturated carbocycles. The average molecular weight is 341 g/mol. The van der Waals surface area contributed by atoms with E-state index < -0.39 is 0 Å². The highest BCUT2D eigenvalue weighted by molar-refractivity contribution is 6.30. The highest BCUT2D eigenvalue weighted by Crippen LogP contribution is 2.41. The summed E-state index contributed by atoms with van der Waals surface area (Å²) in [6, 6.07) is 26.6. The van der Waals surface area contributed by atoms with Crippen LogP contribution in [-0.2, 0) is 0 Å². The SMILES string of the molecule is Clc1ccc(C(=C2CC2)c2ccccc2C#Cc2ccccc2)cc1. The molecule has 1 aliphatic carbocycles. The van der Waals surface area contributed by atoms with E-state index in [1.807, 2.05) is 42.5 Å². The van der Waals surface area contributed by atoms with Crippen LogP contribution in [0.1, 0.15) is 35.1 Å². The van der Waals surface area contributed by atoms with Crippen molar-refractivity contribution in [3.63, 3.8) is 0 Å². The first-order chi connectivity index (χ1) is 12.3. The molecule has 0 bridgehead atoms. The minimum Gasteiger partial charge on any atom is -0.0843 e. The van der Waals surface area contributed by atoms with Crippen LogP contribution in [0.3, 0.4) is 0 Å². The Morgan fingerprint density at radius 3 is 2.12 bits per heavy atom. The molecule has 0 spiro atoms. The van der Waals surface area contributed by atoms with Crippen LogP contribution in [0.2, 0.25) is 5.02 Å². The lowest BCUT2D eigenvalue weighted by Gasteiger charge is -2.11. The molecule has 1 heteroatoms. The Morgan fingerprint density at radius 2 is 1.40 bits per heavy atom. The molecule has 0 N–H and O–H groups in total. The van der Waals surface area contributed by atoms with Crippen LogP contribution in [0.5, 0.6) is 0 Å². The van der Waals surface area contributed by atoms with Crippen LogP contribution in [0.25, 0.3) is 5.57 Å². The lowest BCUT2D eigenvalue weighted by molar-refractivity contribution is 1.50. The minimum atomic E-state index is 0.765. The first-order valence-corrected chi connectivity index (χ1v) is 8.83. The Hall–Kier alpha value is -2.75. The van der Waals surface area contributed by atoms with Crippen molar-refractivity contribution in [2.75, 3.05) is 0 Å². The maximum absolute atomic E-state index is 6.07. The molecule has 0 saturated heterocycles. The molecule has 1 aliphatic rings. The third kappa shape index (κ3) is 3.68. The van der Waals surface area contributed by atoms with Gasteiger partial charge in [-0.25, -0.2) is 0 Å². The number of rotatable bonds is 2. The van der Waals surface area contributed by atoms with Crippen molar-refractivity contribution in [3.8, 4) is 11.8 Å². The quantitative estimate of drug-likeness (QED) is 0.478. The van der Waals surface area contributed by atoms with Gasteiger partial charge in [0.2, 0.25) is 0 Å². The molecule has 0 aliphatic heterocycles. The number of benzene rings is 3. The van der Waals surface area contributed by atoms with Crippen LogP contribution in [-0.4, -0.2) is 0 Å². The van der Waals surface area contributed by atoms with Crippen molar-refractivity contribution in [1.82, 2.24) is 0 Å². The molecule has 0 unspecified atom stereocenters. The summed E-state index contributed by atoms with van der Waals surface area (Å²) in [7, 11) is 0. The minimum absolute atomic E-state index is 0.765. The van der Waals surface area contributed by atoms with Gasteiger partial charge in [-0.3, -0.25) is 0 Å². The topological polar surface area (TPSA) is 0 Å². The van der Waals surface area contributed by atoms with E-state index in [4.69, 9.17) is 11.6 Å². The average Bonchev–Trinajstić information content (AvgIpc) is 3.49. The van der Waals surface area contributed by atoms with Gasteiger partial charge in [-0.2, -0.15) is 0 Å². The second kappa shape index (κ2) is 7.01. The van der Waals surface area contributed by atoms with E-state index in [9.17, 15) is 0 Å². The Morgan fingerprint density at radius 1 is 0.720 bits per heavy atom. The van der Waals surface area contributed by atoms with Gasteiger partial charge in [0.05, 0.1) is 0 Å². The number of hydrogen-bond donors (Lipinski definition) is 0. The summed E-state index contributed by atoms with van der Waals surface area (Å²) in [6.07, 6.45) is 2.33. The van der Waals surface area contributed by atoms with Gasteiger partial charge in [0, 0.05) is 16.1 Å². The molecule has 3 aromatic rings. The number of halogens is 1. The fourth-order valence-electron chi connectivity index (χ4n) is 2.95. The van der Waals surface area contributed by atoms with Gasteiger partial charge in [0.25, 0.3) is 0 Å². The normalized spacial score (nSPS) is 12.3. The molecule has 0 atom stereocenters. The van der Waals surface area contributed by atoms with E-state index in [-0.39, 0.29) is 0 Å². The highest BCUT2D eigenvalue weighted by atomic mass is 35.5. The molecular formula is C24H17Cl. The van der Waals surface area contributed by atoms with E-state index in [1.165, 1.54) is 35.1 Å². The van der Waals surface area contributed by atoms with E-state index in [1.54, 1.807) is 0 Å². The first-order valence-electron chi connectivity index (χ1n) is 8.46. The van der Waals surface area contributed by atoms with Gasteiger partial charge in [0.15, 0.2) is 0 Å². The Balaban J connectivity index is 1.79. The summed E-state index contributed by atoms with van der Waals surface area (Å²) in [5.41, 5.74) is 7.33. The molecule has 120 valence electrons. The molecule has 4 rings (SSSR count). The summed E-state index contributed by atoms with van der Waals surface area (Å²) in [4.78, 5) is 0. The van der Waals surface area contributed by atoms with E-state index in [0.29, 0.717) is 0 Å². The van der Waals surface area contributed by atoms with E-state index >= 15 is 0 Å². The van der Waals surface area contributed by atoms with Crippen molar-refractivity contribution >= 4 is 17.2 Å². The van der Waals surface area contributed by atoms with Crippen molar-refractivity contribution < 1.29 is 0 Å². The first kappa shape index (κ1) is 15.8. The second-order valence-electron chi connectivity index (χ2n) is 6.15. The Kier molecular flexibility index (Phi) is 4.42. The molecule has 0 heterocycles. The molecule has 0 aromatic heterocycles. The maximum Gasteiger partial charge on any atom is 0.0406 e. The molecular weight excluding hydrogens is 324 g/mol. The summed E-state index contributed by atoms with van der Waals surface area (Å²) in [6.45, 7) is 0. The van der Waals surface area contributed by atoms with E-state index in [0.717, 1.165) is 16.1 Å². The summed E-state index contributed by atoms with van der Waals surface area (Å²) in [5.74, 6) is 6.65. The molecule has 0 nitrogen and oxygen atoms in total. The smallest absolute Gasteiger partial charge is 0.0406 e. The molecule has 25 heavy (non-hydrogen) atoms. The van der Waals surface area contributed by atoms with Crippen molar-refractivity contribution in [3.05, 3.63) is 112 Å². The van der Waals surface area contributed by atoms with Crippen molar-refractivity contribution in [2.45, 2.75) is 12.8 Å². The van der Waals surface area contributed by atoms with Crippen molar-refractivity contribution in [1.29, 1.82) is 0 Å². The van der Waals surface area contributed by atoms with Gasteiger partial charge in [-0.15, -0.1) is 0 Å². The van der Waals surface area contributed by atoms with Crippen molar-refractivity contribution in [2.24, 2.45) is 0 Å². The predicted octanol–water partition coefficient (Wildman–Crippen LogP) is 6.34. The molecule has 0 radical (unpaired) electrons. The molecule has 1 fully saturated rings. The molecule has 0 amide bonds. The molecule has 3 aromatic carbocycles. The van der Waals surface area contributed by atoms with Gasteiger partial charge >= 0.3 is 0 Å². The zero-order chi connectivity index (χ0) is 17.1. The Labute approximate surface area is 153 Å². The van der Waals surface area contributed by atoms with Crippen LogP contribution in [0, 0.1) is 11.8 Å². The van der Waals surface area contributed by atoms with Crippen LogP contribution < -0.4 is 0 Å². The fourth-order valence-corrected chi connectivity index (χ4v) is 3.08. The zero-order valence-electron chi connectivity index (χ0n) is 13.8. The van der Waals surface area contributed by atoms with Gasteiger partial charge < -0.3 is 0 Å².